The molecule has 0 spiro atoms. The van der Waals surface area contributed by atoms with E-state index in [9.17, 15) is 4.39 Å². The Labute approximate surface area is 81.9 Å². The van der Waals surface area contributed by atoms with Gasteiger partial charge in [-0.05, 0) is 36.6 Å². The van der Waals surface area contributed by atoms with Crippen LogP contribution in [0.3, 0.4) is 0 Å². The van der Waals surface area contributed by atoms with Crippen LogP contribution in [0.4, 0.5) is 4.39 Å². The van der Waals surface area contributed by atoms with Crippen molar-refractivity contribution in [1.29, 1.82) is 5.26 Å². The van der Waals surface area contributed by atoms with Crippen molar-refractivity contribution >= 4 is 0 Å². The fourth-order valence-electron chi connectivity index (χ4n) is 1.13. The summed E-state index contributed by atoms with van der Waals surface area (Å²) < 4.78 is 13.1. The van der Waals surface area contributed by atoms with Crippen LogP contribution in [-0.2, 0) is 6.42 Å². The van der Waals surface area contributed by atoms with Crippen LogP contribution in [0.15, 0.2) is 30.5 Å². The average Bonchev–Trinajstić information content (AvgIpc) is 2.18. The number of hydrogen-bond donors (Lipinski definition) is 1. The maximum atomic E-state index is 13.1. The van der Waals surface area contributed by atoms with Gasteiger partial charge in [0.05, 0.1) is 11.8 Å². The van der Waals surface area contributed by atoms with Gasteiger partial charge in [-0.3, -0.25) is 0 Å². The predicted molar refractivity (Wildman–Crippen MR) is 51.2 cm³/mol. The number of benzene rings is 1. The first-order valence-electron chi connectivity index (χ1n) is 4.25. The zero-order valence-corrected chi connectivity index (χ0v) is 7.57. The van der Waals surface area contributed by atoms with E-state index in [4.69, 9.17) is 10.4 Å². The quantitative estimate of drug-likeness (QED) is 0.746. The first-order chi connectivity index (χ1) is 6.77. The standard InChI is InChI=1S/C11H10FNO/c12-11-7-9(3-1-2-6-14)4-5-10(11)8-13/h2,4-7,14H,1,3H2. The Bertz CT molecular complexity index is 379. The first kappa shape index (κ1) is 10.3. The number of hydrogen-bond acceptors (Lipinski definition) is 2. The smallest absolute Gasteiger partial charge is 0.141 e. The molecule has 0 saturated carbocycles. The lowest BCUT2D eigenvalue weighted by molar-refractivity contribution is 0.470. The maximum absolute atomic E-state index is 13.1. The molecule has 0 radical (unpaired) electrons. The molecule has 0 aromatic heterocycles. The molecule has 1 rings (SSSR count). The Morgan fingerprint density at radius 1 is 1.50 bits per heavy atom. The molecule has 0 bridgehead atoms. The molecule has 0 fully saturated rings. The Hall–Kier alpha value is -1.82. The molecule has 0 aliphatic heterocycles. The Morgan fingerprint density at radius 2 is 2.29 bits per heavy atom. The molecule has 3 heteroatoms. The number of halogens is 1. The molecule has 0 aliphatic rings. The average molecular weight is 191 g/mol. The molecule has 0 atom stereocenters. The number of allylic oxidation sites excluding steroid dienone is 1. The van der Waals surface area contributed by atoms with Gasteiger partial charge >= 0.3 is 0 Å². The number of aryl methyl sites for hydroxylation is 1. The third-order valence-corrected chi connectivity index (χ3v) is 1.86. The van der Waals surface area contributed by atoms with E-state index in [2.05, 4.69) is 0 Å². The molecule has 0 amide bonds. The molecule has 1 N–H and O–H groups in total. The summed E-state index contributed by atoms with van der Waals surface area (Å²) in [6.45, 7) is 0. The molecular formula is C11H10FNO. The van der Waals surface area contributed by atoms with E-state index in [0.29, 0.717) is 12.8 Å². The van der Waals surface area contributed by atoms with Crippen molar-refractivity contribution in [2.75, 3.05) is 0 Å². The lowest BCUT2D eigenvalue weighted by Crippen LogP contribution is -1.88. The summed E-state index contributed by atoms with van der Waals surface area (Å²) in [5.74, 6) is -0.488. The number of nitriles is 1. The van der Waals surface area contributed by atoms with E-state index in [1.54, 1.807) is 18.2 Å². The van der Waals surface area contributed by atoms with Crippen molar-refractivity contribution in [3.8, 4) is 6.07 Å². The lowest BCUT2D eigenvalue weighted by Gasteiger charge is -1.99. The van der Waals surface area contributed by atoms with Gasteiger partial charge in [0, 0.05) is 0 Å². The van der Waals surface area contributed by atoms with Crippen LogP contribution in [-0.4, -0.2) is 5.11 Å². The Morgan fingerprint density at radius 3 is 2.86 bits per heavy atom. The molecule has 72 valence electrons. The summed E-state index contributed by atoms with van der Waals surface area (Å²) in [5, 5.41) is 16.9. The minimum atomic E-state index is -0.488. The molecule has 0 aliphatic carbocycles. The minimum absolute atomic E-state index is 0.0615. The first-order valence-corrected chi connectivity index (χ1v) is 4.25. The van der Waals surface area contributed by atoms with Crippen LogP contribution in [0.2, 0.25) is 0 Å². The van der Waals surface area contributed by atoms with Crippen molar-refractivity contribution in [3.05, 3.63) is 47.5 Å². The maximum Gasteiger partial charge on any atom is 0.141 e. The van der Waals surface area contributed by atoms with Gasteiger partial charge in [0.15, 0.2) is 0 Å². The zero-order chi connectivity index (χ0) is 10.4. The highest BCUT2D eigenvalue weighted by Crippen LogP contribution is 2.11. The van der Waals surface area contributed by atoms with E-state index in [-0.39, 0.29) is 5.56 Å². The molecule has 1 aromatic rings. The van der Waals surface area contributed by atoms with E-state index in [1.165, 1.54) is 12.1 Å². The lowest BCUT2D eigenvalue weighted by atomic mass is 10.1. The summed E-state index contributed by atoms with van der Waals surface area (Å²) in [7, 11) is 0. The van der Waals surface area contributed by atoms with Gasteiger partial charge in [-0.1, -0.05) is 6.07 Å². The summed E-state index contributed by atoms with van der Waals surface area (Å²) in [5.41, 5.74) is 0.881. The summed E-state index contributed by atoms with van der Waals surface area (Å²) >= 11 is 0. The van der Waals surface area contributed by atoms with Gasteiger partial charge in [0.1, 0.15) is 11.9 Å². The summed E-state index contributed by atoms with van der Waals surface area (Å²) in [4.78, 5) is 0. The van der Waals surface area contributed by atoms with Crippen molar-refractivity contribution in [3.63, 3.8) is 0 Å². The number of aliphatic hydroxyl groups excluding tert-OH is 1. The molecule has 0 heterocycles. The van der Waals surface area contributed by atoms with Gasteiger partial charge < -0.3 is 5.11 Å². The van der Waals surface area contributed by atoms with Gasteiger partial charge in [-0.25, -0.2) is 4.39 Å². The van der Waals surface area contributed by atoms with Crippen LogP contribution >= 0.6 is 0 Å². The second-order valence-corrected chi connectivity index (χ2v) is 2.85. The number of aliphatic hydroxyl groups is 1. The topological polar surface area (TPSA) is 44.0 Å². The van der Waals surface area contributed by atoms with E-state index in [1.807, 2.05) is 0 Å². The molecule has 1 aromatic carbocycles. The second-order valence-electron chi connectivity index (χ2n) is 2.85. The highest BCUT2D eigenvalue weighted by molar-refractivity contribution is 5.33. The fraction of sp³-hybridized carbons (Fsp3) is 0.182. The van der Waals surface area contributed by atoms with Crippen molar-refractivity contribution in [1.82, 2.24) is 0 Å². The third kappa shape index (κ3) is 2.60. The molecular weight excluding hydrogens is 181 g/mol. The van der Waals surface area contributed by atoms with E-state index in [0.717, 1.165) is 11.8 Å². The Kier molecular flexibility index (Phi) is 3.69. The SMILES string of the molecule is N#Cc1ccc(CCC=CO)cc1F. The van der Waals surface area contributed by atoms with Crippen LogP contribution in [0.25, 0.3) is 0 Å². The number of rotatable bonds is 3. The molecule has 0 saturated heterocycles. The van der Waals surface area contributed by atoms with Gasteiger partial charge in [0.25, 0.3) is 0 Å². The number of nitrogens with zero attached hydrogens (tertiary/aromatic N) is 1. The minimum Gasteiger partial charge on any atom is -0.516 e. The predicted octanol–water partition coefficient (Wildman–Crippen LogP) is 2.70. The van der Waals surface area contributed by atoms with Crippen molar-refractivity contribution in [2.24, 2.45) is 0 Å². The summed E-state index contributed by atoms with van der Waals surface area (Å²) in [6, 6.07) is 6.29. The molecule has 14 heavy (non-hydrogen) atoms. The van der Waals surface area contributed by atoms with Crippen LogP contribution < -0.4 is 0 Å². The third-order valence-electron chi connectivity index (χ3n) is 1.86. The van der Waals surface area contributed by atoms with Gasteiger partial charge in [-0.2, -0.15) is 5.26 Å². The van der Waals surface area contributed by atoms with Gasteiger partial charge in [-0.15, -0.1) is 0 Å². The van der Waals surface area contributed by atoms with Crippen molar-refractivity contribution in [2.45, 2.75) is 12.8 Å². The summed E-state index contributed by atoms with van der Waals surface area (Å²) in [6.07, 6.45) is 3.87. The fourth-order valence-corrected chi connectivity index (χ4v) is 1.13. The Balaban J connectivity index is 2.72. The highest BCUT2D eigenvalue weighted by Gasteiger charge is 2.01. The largest absolute Gasteiger partial charge is 0.516 e. The van der Waals surface area contributed by atoms with Crippen molar-refractivity contribution < 1.29 is 9.50 Å². The van der Waals surface area contributed by atoms with Gasteiger partial charge in [0.2, 0.25) is 0 Å². The highest BCUT2D eigenvalue weighted by atomic mass is 19.1. The monoisotopic (exact) mass is 191 g/mol. The van der Waals surface area contributed by atoms with Crippen LogP contribution in [0, 0.1) is 17.1 Å². The second kappa shape index (κ2) is 5.03. The zero-order valence-electron chi connectivity index (χ0n) is 7.57. The normalized spacial score (nSPS) is 10.3. The van der Waals surface area contributed by atoms with E-state index < -0.39 is 5.82 Å². The van der Waals surface area contributed by atoms with Crippen LogP contribution in [0.1, 0.15) is 17.5 Å². The van der Waals surface area contributed by atoms with E-state index >= 15 is 0 Å². The molecule has 0 unspecified atom stereocenters. The van der Waals surface area contributed by atoms with Crippen LogP contribution in [0.5, 0.6) is 0 Å². The molecule has 2 nitrogen and oxygen atoms in total.